The maximum absolute atomic E-state index is 13.4. The van der Waals surface area contributed by atoms with Crippen LogP contribution in [-0.2, 0) is 43.0 Å². The van der Waals surface area contributed by atoms with Crippen molar-refractivity contribution in [2.45, 2.75) is 123 Å². The molecule has 3 unspecified atom stereocenters. The molecule has 6 N–H and O–H groups in total. The van der Waals surface area contributed by atoms with Gasteiger partial charge in [0.15, 0.2) is 0 Å². The topological polar surface area (TPSA) is 227 Å². The van der Waals surface area contributed by atoms with Crippen molar-refractivity contribution in [3.63, 3.8) is 0 Å². The summed E-state index contributed by atoms with van der Waals surface area (Å²) in [4.78, 5) is 101. The van der Waals surface area contributed by atoms with Crippen molar-refractivity contribution in [1.29, 1.82) is 0 Å². The molecule has 0 saturated carbocycles. The third-order valence-corrected chi connectivity index (χ3v) is 6.78. The van der Waals surface area contributed by atoms with Gasteiger partial charge in [0.25, 0.3) is 5.91 Å². The van der Waals surface area contributed by atoms with Crippen LogP contribution in [0.15, 0.2) is 0 Å². The summed E-state index contributed by atoms with van der Waals surface area (Å²) in [5.41, 5.74) is -0.819. The lowest BCUT2D eigenvalue weighted by atomic mass is 10.0. The quantitative estimate of drug-likeness (QED) is 0.123. The fourth-order valence-electron chi connectivity index (χ4n) is 4.39. The van der Waals surface area contributed by atoms with E-state index in [-0.39, 0.29) is 44.6 Å². The molecule has 3 atom stereocenters. The highest BCUT2D eigenvalue weighted by Crippen LogP contribution is 2.10. The van der Waals surface area contributed by atoms with E-state index in [1.165, 1.54) is 0 Å². The molecule has 266 valence electrons. The van der Waals surface area contributed by atoms with Crippen LogP contribution in [0.2, 0.25) is 0 Å². The monoisotopic (exact) mass is 668 g/mol. The summed E-state index contributed by atoms with van der Waals surface area (Å²) in [7, 11) is 0. The highest BCUT2D eigenvalue weighted by atomic mass is 16.6. The zero-order valence-electron chi connectivity index (χ0n) is 28.2. The van der Waals surface area contributed by atoms with Gasteiger partial charge >= 0.3 is 12.1 Å². The molecule has 1 heterocycles. The van der Waals surface area contributed by atoms with Gasteiger partial charge in [0.05, 0.1) is 19.2 Å². The van der Waals surface area contributed by atoms with Gasteiger partial charge in [-0.05, 0) is 65.7 Å². The first-order chi connectivity index (χ1) is 22.2. The zero-order chi connectivity index (χ0) is 35.4. The summed E-state index contributed by atoms with van der Waals surface area (Å²) >= 11 is 0. The van der Waals surface area contributed by atoms with Gasteiger partial charge in [-0.25, -0.2) is 4.79 Å². The molecule has 1 aliphatic rings. The third kappa shape index (κ3) is 17.9. The van der Waals surface area contributed by atoms with Crippen molar-refractivity contribution in [2.24, 2.45) is 0 Å². The number of Topliss-reactive ketones (excluding diaryl/α,β-unsaturated/α-hetero) is 1. The predicted octanol–water partition coefficient (Wildman–Crippen LogP) is 0.265. The van der Waals surface area contributed by atoms with Crippen molar-refractivity contribution >= 4 is 47.4 Å². The molecule has 16 heteroatoms. The molecule has 1 fully saturated rings. The fraction of sp³-hybridized carbons (Fsp3) is 0.742. The molecule has 0 spiro atoms. The summed E-state index contributed by atoms with van der Waals surface area (Å²) in [5.74, 6) is -5.06. The molecule has 0 aliphatic carbocycles. The van der Waals surface area contributed by atoms with E-state index in [1.807, 2.05) is 13.8 Å². The average molecular weight is 669 g/mol. The maximum atomic E-state index is 13.4. The van der Waals surface area contributed by atoms with Crippen LogP contribution in [0.4, 0.5) is 4.79 Å². The number of carbonyl (C=O) groups is 8. The van der Waals surface area contributed by atoms with E-state index in [0.717, 1.165) is 0 Å². The van der Waals surface area contributed by atoms with Gasteiger partial charge in [0.2, 0.25) is 29.4 Å². The average Bonchev–Trinajstić information content (AvgIpc) is 3.00. The number of ether oxygens (including phenoxy) is 2. The minimum atomic E-state index is -1.22. The lowest BCUT2D eigenvalue weighted by molar-refractivity contribution is -0.146. The second-order valence-corrected chi connectivity index (χ2v) is 12.2. The Kier molecular flexibility index (Phi) is 18.7. The minimum Gasteiger partial charge on any atom is -0.464 e. The van der Waals surface area contributed by atoms with Gasteiger partial charge in [-0.2, -0.15) is 0 Å². The number of amides is 6. The highest BCUT2D eigenvalue weighted by molar-refractivity contribution is 6.38. The number of hydrogen-bond acceptors (Lipinski definition) is 10. The first kappa shape index (κ1) is 40.8. The number of ketones is 1. The molecule has 0 bridgehead atoms. The van der Waals surface area contributed by atoms with E-state index in [0.29, 0.717) is 38.6 Å². The fourth-order valence-corrected chi connectivity index (χ4v) is 4.39. The maximum Gasteiger partial charge on any atom is 0.408 e. The van der Waals surface area contributed by atoms with E-state index >= 15 is 0 Å². The van der Waals surface area contributed by atoms with Crippen LogP contribution in [0.5, 0.6) is 0 Å². The van der Waals surface area contributed by atoms with Crippen molar-refractivity contribution in [3.05, 3.63) is 0 Å². The largest absolute Gasteiger partial charge is 0.464 e. The van der Waals surface area contributed by atoms with Gasteiger partial charge < -0.3 is 41.4 Å². The molecule has 0 aromatic carbocycles. The molecule has 0 aromatic heterocycles. The Balaban J connectivity index is 3.02. The molecular formula is C31H52N6O10. The molecule has 1 aliphatic heterocycles. The first-order valence-electron chi connectivity index (χ1n) is 16.3. The van der Waals surface area contributed by atoms with Gasteiger partial charge in [-0.3, -0.25) is 33.6 Å². The number of esters is 1. The molecule has 6 amide bonds. The van der Waals surface area contributed by atoms with Crippen LogP contribution in [0, 0.1) is 0 Å². The summed E-state index contributed by atoms with van der Waals surface area (Å²) in [6.45, 7) is 8.12. The second kappa shape index (κ2) is 21.5. The van der Waals surface area contributed by atoms with Gasteiger partial charge in [-0.15, -0.1) is 0 Å². The van der Waals surface area contributed by atoms with Crippen LogP contribution >= 0.6 is 0 Å². The van der Waals surface area contributed by atoms with E-state index in [9.17, 15) is 38.4 Å². The smallest absolute Gasteiger partial charge is 0.408 e. The first-order valence-corrected chi connectivity index (χ1v) is 16.3. The summed E-state index contributed by atoms with van der Waals surface area (Å²) in [6.07, 6.45) is 2.59. The number of hydrogen-bond donors (Lipinski definition) is 6. The normalized spacial score (nSPS) is 19.1. The van der Waals surface area contributed by atoms with Gasteiger partial charge in [-0.1, -0.05) is 26.7 Å². The van der Waals surface area contributed by atoms with E-state index in [1.54, 1.807) is 20.8 Å². The molecule has 1 rings (SSSR count). The van der Waals surface area contributed by atoms with Crippen LogP contribution in [0.25, 0.3) is 0 Å². The Labute approximate surface area is 276 Å². The number of rotatable bonds is 12. The Morgan fingerprint density at radius 1 is 0.936 bits per heavy atom. The van der Waals surface area contributed by atoms with Crippen molar-refractivity contribution in [1.82, 2.24) is 31.9 Å². The molecule has 0 radical (unpaired) electrons. The lowest BCUT2D eigenvalue weighted by Gasteiger charge is -2.24. The molecule has 0 aromatic rings. The Hall–Kier alpha value is -4.24. The highest BCUT2D eigenvalue weighted by Gasteiger charge is 2.31. The molecule has 1 saturated heterocycles. The lowest BCUT2D eigenvalue weighted by Crippen LogP contribution is -2.55. The van der Waals surface area contributed by atoms with Crippen LogP contribution in [0.3, 0.4) is 0 Å². The number of unbranched alkanes of at least 4 members (excludes halogenated alkanes) is 1. The van der Waals surface area contributed by atoms with Crippen LogP contribution in [-0.4, -0.2) is 97.3 Å². The Morgan fingerprint density at radius 2 is 1.66 bits per heavy atom. The van der Waals surface area contributed by atoms with E-state index in [2.05, 4.69) is 31.9 Å². The second-order valence-electron chi connectivity index (χ2n) is 12.2. The summed E-state index contributed by atoms with van der Waals surface area (Å²) < 4.78 is 10.1. The van der Waals surface area contributed by atoms with Crippen molar-refractivity contribution < 1.29 is 47.8 Å². The third-order valence-electron chi connectivity index (χ3n) is 6.78. The standard InChI is InChI=1S/C31H52N6O10/c1-6-8-12-20(26(41)29(44)34-19-25(40)46-17-7-2)36-28(43)22-13-9-10-16-32-23(38)15-11-14-21(27(42)33-18-24(39)35-22)37-30(45)47-31(3,4)5/h20-22H,6-19H2,1-5H3,(H,32,38)(H,33,42)(H,34,44)(H,35,39)(H,36,43)(H,37,45). The Bertz CT molecular complexity index is 1110. The van der Waals surface area contributed by atoms with Gasteiger partial charge in [0, 0.05) is 13.0 Å². The Morgan fingerprint density at radius 3 is 2.32 bits per heavy atom. The van der Waals surface area contributed by atoms with Crippen LogP contribution in [0.1, 0.15) is 98.8 Å². The molecule has 16 nitrogen and oxygen atoms in total. The molecular weight excluding hydrogens is 616 g/mol. The molecule has 47 heavy (non-hydrogen) atoms. The number of carbonyl (C=O) groups excluding carboxylic acids is 8. The van der Waals surface area contributed by atoms with Crippen molar-refractivity contribution in [3.8, 4) is 0 Å². The number of nitrogens with one attached hydrogen (secondary N) is 6. The zero-order valence-corrected chi connectivity index (χ0v) is 28.2. The summed E-state index contributed by atoms with van der Waals surface area (Å²) in [6, 6.07) is -3.45. The predicted molar refractivity (Wildman–Crippen MR) is 170 cm³/mol. The van der Waals surface area contributed by atoms with E-state index < -0.39 is 78.3 Å². The minimum absolute atomic E-state index is 0.103. The van der Waals surface area contributed by atoms with Crippen LogP contribution < -0.4 is 31.9 Å². The SMILES string of the molecule is CCCCC(NC(=O)C1CCCCNC(=O)CCCC(NC(=O)OC(C)(C)C)C(=O)NCC(=O)N1)C(=O)C(=O)NCC(=O)OCCC. The summed E-state index contributed by atoms with van der Waals surface area (Å²) in [5, 5.41) is 15.0. The van der Waals surface area contributed by atoms with E-state index in [4.69, 9.17) is 9.47 Å². The van der Waals surface area contributed by atoms with Gasteiger partial charge in [0.1, 0.15) is 24.2 Å². The number of alkyl carbamates (subject to hydrolysis) is 1. The van der Waals surface area contributed by atoms with Crippen molar-refractivity contribution in [2.75, 3.05) is 26.2 Å².